The van der Waals surface area contributed by atoms with E-state index in [4.69, 9.17) is 10.5 Å². The second-order valence-corrected chi connectivity index (χ2v) is 15.5. The topological polar surface area (TPSA) is 158 Å². The molecule has 1 aliphatic rings. The zero-order valence-corrected chi connectivity index (χ0v) is 24.4. The first-order chi connectivity index (χ1) is 19.1. The molecule has 4 rings (SSSR count). The molecule has 0 aliphatic carbocycles. The number of hydrogen-bond donors (Lipinski definition) is 2. The van der Waals surface area contributed by atoms with Crippen LogP contribution in [0.3, 0.4) is 0 Å². The van der Waals surface area contributed by atoms with Gasteiger partial charge in [0.2, 0.25) is 5.91 Å². The number of ether oxygens (including phenoxy) is 1. The van der Waals surface area contributed by atoms with Gasteiger partial charge in [0, 0.05) is 30.9 Å². The standard InChI is InChI=1S/C30H31NO8S2/c1-29(40(2,35)36,41(3,37)38)25(22-15-10-16-23(17-22)27(31)33)24-26(32)30(39-28(24)34,18-20-11-6-4-7-12-20)19-21-13-8-5-9-14-21/h4-17,25,32H,18-19H2,1-3H3,(H2,31,33). The van der Waals surface area contributed by atoms with Crippen molar-refractivity contribution < 1.29 is 36.3 Å². The van der Waals surface area contributed by atoms with E-state index >= 15 is 0 Å². The lowest BCUT2D eigenvalue weighted by atomic mass is 9.81. The average Bonchev–Trinajstić information content (AvgIpc) is 3.13. The molecule has 0 saturated heterocycles. The van der Waals surface area contributed by atoms with E-state index in [1.165, 1.54) is 24.3 Å². The lowest BCUT2D eigenvalue weighted by molar-refractivity contribution is -0.148. The number of amides is 1. The third-order valence-electron chi connectivity index (χ3n) is 7.65. The Morgan fingerprint density at radius 2 is 1.37 bits per heavy atom. The Balaban J connectivity index is 2.06. The molecule has 3 aromatic rings. The first-order valence-corrected chi connectivity index (χ1v) is 16.4. The summed E-state index contributed by atoms with van der Waals surface area (Å²) in [6.45, 7) is 0.987. The maximum atomic E-state index is 13.8. The van der Waals surface area contributed by atoms with Crippen LogP contribution in [-0.2, 0) is 42.0 Å². The molecule has 0 radical (unpaired) electrons. The van der Waals surface area contributed by atoms with Gasteiger partial charge < -0.3 is 15.6 Å². The first kappa shape index (κ1) is 30.0. The highest BCUT2D eigenvalue weighted by Crippen LogP contribution is 2.50. The molecule has 41 heavy (non-hydrogen) atoms. The van der Waals surface area contributed by atoms with Crippen LogP contribution in [0.4, 0.5) is 0 Å². The number of primary amides is 1. The smallest absolute Gasteiger partial charge is 0.339 e. The predicted octanol–water partition coefficient (Wildman–Crippen LogP) is 3.27. The van der Waals surface area contributed by atoms with Crippen LogP contribution in [0, 0.1) is 0 Å². The van der Waals surface area contributed by atoms with Crippen LogP contribution >= 0.6 is 0 Å². The number of aliphatic hydroxyl groups excluding tert-OH is 1. The molecule has 0 saturated carbocycles. The van der Waals surface area contributed by atoms with Gasteiger partial charge in [0.15, 0.2) is 29.4 Å². The number of carbonyl (C=O) groups is 2. The van der Waals surface area contributed by atoms with Gasteiger partial charge in [-0.1, -0.05) is 72.8 Å². The third-order valence-corrected chi connectivity index (χ3v) is 12.9. The number of benzene rings is 3. The molecule has 9 nitrogen and oxygen atoms in total. The van der Waals surface area contributed by atoms with Crippen molar-refractivity contribution in [3.05, 3.63) is 119 Å². The Kier molecular flexibility index (Phi) is 7.90. The number of carbonyl (C=O) groups excluding carboxylic acids is 2. The highest BCUT2D eigenvalue weighted by molar-refractivity contribution is 8.09. The minimum absolute atomic E-state index is 0.0200. The maximum Gasteiger partial charge on any atom is 0.339 e. The van der Waals surface area contributed by atoms with Gasteiger partial charge >= 0.3 is 5.97 Å². The highest BCUT2D eigenvalue weighted by atomic mass is 32.3. The number of rotatable bonds is 10. The molecule has 0 fully saturated rings. The van der Waals surface area contributed by atoms with Crippen LogP contribution in [0.25, 0.3) is 0 Å². The van der Waals surface area contributed by atoms with Crippen molar-refractivity contribution in [3.63, 3.8) is 0 Å². The fourth-order valence-corrected chi connectivity index (χ4v) is 8.90. The summed E-state index contributed by atoms with van der Waals surface area (Å²) in [7, 11) is -9.00. The average molecular weight is 598 g/mol. The van der Waals surface area contributed by atoms with Crippen molar-refractivity contribution in [2.24, 2.45) is 5.73 Å². The zero-order chi connectivity index (χ0) is 30.2. The van der Waals surface area contributed by atoms with Crippen molar-refractivity contribution in [2.45, 2.75) is 35.4 Å². The van der Waals surface area contributed by atoms with Gasteiger partial charge in [-0.3, -0.25) is 4.79 Å². The Hall–Kier alpha value is -3.96. The highest BCUT2D eigenvalue weighted by Gasteiger charge is 2.60. The summed E-state index contributed by atoms with van der Waals surface area (Å²) in [6.07, 6.45) is 1.54. The van der Waals surface area contributed by atoms with Gasteiger partial charge in [0.1, 0.15) is 5.76 Å². The van der Waals surface area contributed by atoms with E-state index in [0.29, 0.717) is 11.1 Å². The molecule has 216 valence electrons. The van der Waals surface area contributed by atoms with E-state index in [9.17, 15) is 31.5 Å². The summed E-state index contributed by atoms with van der Waals surface area (Å²) >= 11 is 0. The summed E-state index contributed by atoms with van der Waals surface area (Å²) in [6, 6.07) is 23.3. The van der Waals surface area contributed by atoms with Gasteiger partial charge in [-0.15, -0.1) is 0 Å². The molecule has 1 atom stereocenters. The van der Waals surface area contributed by atoms with E-state index in [1.54, 1.807) is 60.7 Å². The summed E-state index contributed by atoms with van der Waals surface area (Å²) < 4.78 is 56.6. The lowest BCUT2D eigenvalue weighted by Crippen LogP contribution is -2.49. The normalized spacial score (nSPS) is 16.3. The van der Waals surface area contributed by atoms with Crippen molar-refractivity contribution in [2.75, 3.05) is 12.5 Å². The van der Waals surface area contributed by atoms with Crippen LogP contribution in [0.1, 0.15) is 39.9 Å². The van der Waals surface area contributed by atoms with Crippen LogP contribution < -0.4 is 5.73 Å². The number of nitrogens with two attached hydrogens (primary N) is 1. The summed E-state index contributed by atoms with van der Waals surface area (Å²) in [5.41, 5.74) is 4.63. The molecule has 3 N–H and O–H groups in total. The quantitative estimate of drug-likeness (QED) is 0.337. The summed E-state index contributed by atoms with van der Waals surface area (Å²) in [5, 5.41) is 11.9. The third kappa shape index (κ3) is 5.51. The van der Waals surface area contributed by atoms with Crippen molar-refractivity contribution in [1.82, 2.24) is 0 Å². The van der Waals surface area contributed by atoms with Gasteiger partial charge in [-0.25, -0.2) is 21.6 Å². The molecule has 0 aromatic heterocycles. The Morgan fingerprint density at radius 3 is 1.80 bits per heavy atom. The van der Waals surface area contributed by atoms with Gasteiger partial charge in [-0.05, 0) is 35.7 Å². The summed E-state index contributed by atoms with van der Waals surface area (Å²) in [4.78, 5) is 25.8. The minimum Gasteiger partial charge on any atom is -0.507 e. The fourth-order valence-electron chi connectivity index (χ4n) is 5.34. The first-order valence-electron chi connectivity index (χ1n) is 12.6. The minimum atomic E-state index is -4.50. The van der Waals surface area contributed by atoms with Crippen LogP contribution in [0.5, 0.6) is 0 Å². The molecule has 1 heterocycles. The van der Waals surface area contributed by atoms with E-state index in [0.717, 1.165) is 19.4 Å². The number of cyclic esters (lactones) is 1. The molecule has 11 heteroatoms. The van der Waals surface area contributed by atoms with Gasteiger partial charge in [0.25, 0.3) is 0 Å². The lowest BCUT2D eigenvalue weighted by Gasteiger charge is -2.35. The molecular weight excluding hydrogens is 566 g/mol. The second kappa shape index (κ2) is 10.8. The monoisotopic (exact) mass is 597 g/mol. The van der Waals surface area contributed by atoms with Gasteiger partial charge in [-0.2, -0.15) is 0 Å². The van der Waals surface area contributed by atoms with Gasteiger partial charge in [0.05, 0.1) is 11.5 Å². The predicted molar refractivity (Wildman–Crippen MR) is 155 cm³/mol. The largest absolute Gasteiger partial charge is 0.507 e. The maximum absolute atomic E-state index is 13.8. The molecule has 0 spiro atoms. The van der Waals surface area contributed by atoms with E-state index in [2.05, 4.69) is 0 Å². The number of sulfone groups is 2. The molecule has 1 unspecified atom stereocenters. The number of aliphatic hydroxyl groups is 1. The SMILES string of the molecule is CC(C(C1=C(O)C(Cc2ccccc2)(Cc2ccccc2)OC1=O)c1cccc(C(N)=O)c1)(S(C)(=O)=O)S(C)(=O)=O. The van der Waals surface area contributed by atoms with Crippen molar-refractivity contribution in [3.8, 4) is 0 Å². The Bertz CT molecular complexity index is 1660. The Morgan fingerprint density at radius 1 is 0.878 bits per heavy atom. The molecule has 1 amide bonds. The number of hydrogen-bond acceptors (Lipinski definition) is 8. The molecular formula is C30H31NO8S2. The zero-order valence-electron chi connectivity index (χ0n) is 22.8. The van der Waals surface area contributed by atoms with Crippen LogP contribution in [0.2, 0.25) is 0 Å². The van der Waals surface area contributed by atoms with E-state index < -0.39 is 58.5 Å². The summed E-state index contributed by atoms with van der Waals surface area (Å²) in [5.74, 6) is -4.26. The molecule has 0 bridgehead atoms. The second-order valence-electron chi connectivity index (χ2n) is 10.5. The van der Waals surface area contributed by atoms with Crippen LogP contribution in [0.15, 0.2) is 96.3 Å². The van der Waals surface area contributed by atoms with Crippen LogP contribution in [-0.4, -0.2) is 56.0 Å². The van der Waals surface area contributed by atoms with Crippen molar-refractivity contribution >= 4 is 31.6 Å². The molecule has 1 aliphatic heterocycles. The Labute approximate surface area is 239 Å². The number of esters is 1. The molecule has 3 aromatic carbocycles. The van der Waals surface area contributed by atoms with E-state index in [-0.39, 0.29) is 24.0 Å². The fraction of sp³-hybridized carbons (Fsp3) is 0.267. The van der Waals surface area contributed by atoms with Crippen molar-refractivity contribution in [1.29, 1.82) is 0 Å². The van der Waals surface area contributed by atoms with E-state index in [1.807, 2.05) is 0 Å².